The van der Waals surface area contributed by atoms with Crippen molar-refractivity contribution in [2.24, 2.45) is 7.05 Å². The van der Waals surface area contributed by atoms with Gasteiger partial charge in [-0.15, -0.1) is 0 Å². The summed E-state index contributed by atoms with van der Waals surface area (Å²) in [6.07, 6.45) is -5.11. The molecule has 0 radical (unpaired) electrons. The number of carbonyl (C=O) groups is 1. The Labute approximate surface area is 141 Å². The summed E-state index contributed by atoms with van der Waals surface area (Å²) in [4.78, 5) is 15.4. The first-order valence-electron chi connectivity index (χ1n) is 7.14. The van der Waals surface area contributed by atoms with Crippen molar-refractivity contribution in [1.82, 2.24) is 14.9 Å². The van der Waals surface area contributed by atoms with E-state index in [1.165, 1.54) is 4.57 Å². The summed E-state index contributed by atoms with van der Waals surface area (Å²) in [5, 5.41) is 21.5. The third kappa shape index (κ3) is 3.42. The van der Waals surface area contributed by atoms with Crippen molar-refractivity contribution in [1.29, 1.82) is 5.26 Å². The number of benzene rings is 1. The van der Waals surface area contributed by atoms with Crippen LogP contribution in [-0.2, 0) is 11.8 Å². The monoisotopic (exact) mass is 352 g/mol. The first-order chi connectivity index (χ1) is 11.5. The summed E-state index contributed by atoms with van der Waals surface area (Å²) in [7, 11) is 1.61. The van der Waals surface area contributed by atoms with E-state index in [4.69, 9.17) is 0 Å². The highest BCUT2D eigenvalue weighted by atomic mass is 19.4. The highest BCUT2D eigenvalue weighted by Crippen LogP contribution is 2.27. The molecule has 9 heteroatoms. The second kappa shape index (κ2) is 6.12. The van der Waals surface area contributed by atoms with Crippen LogP contribution in [0.1, 0.15) is 19.7 Å². The van der Waals surface area contributed by atoms with Crippen LogP contribution in [0.15, 0.2) is 30.0 Å². The van der Waals surface area contributed by atoms with Gasteiger partial charge in [-0.1, -0.05) is 12.1 Å². The van der Waals surface area contributed by atoms with Gasteiger partial charge < -0.3 is 15.0 Å². The molecule has 0 atom stereocenters. The molecular formula is C16H15F3N4O2. The van der Waals surface area contributed by atoms with Gasteiger partial charge in [0.2, 0.25) is 0 Å². The number of imidazole rings is 1. The summed E-state index contributed by atoms with van der Waals surface area (Å²) < 4.78 is 38.9. The van der Waals surface area contributed by atoms with Crippen molar-refractivity contribution in [3.05, 3.63) is 35.8 Å². The topological polar surface area (TPSA) is 90.9 Å². The van der Waals surface area contributed by atoms with Crippen LogP contribution in [0.5, 0.6) is 0 Å². The van der Waals surface area contributed by atoms with Crippen LogP contribution in [0.2, 0.25) is 0 Å². The minimum absolute atomic E-state index is 0.0792. The molecule has 0 saturated carbocycles. The number of halogens is 3. The fourth-order valence-corrected chi connectivity index (χ4v) is 2.30. The molecule has 132 valence electrons. The number of amides is 1. The Kier molecular flexibility index (Phi) is 4.49. The van der Waals surface area contributed by atoms with Crippen LogP contribution in [0.25, 0.3) is 16.6 Å². The van der Waals surface area contributed by atoms with Crippen molar-refractivity contribution < 1.29 is 23.1 Å². The average Bonchev–Trinajstić information content (AvgIpc) is 2.84. The van der Waals surface area contributed by atoms with Crippen LogP contribution >= 0.6 is 0 Å². The number of aliphatic hydroxyl groups excluding tert-OH is 1. The van der Waals surface area contributed by atoms with Gasteiger partial charge in [0.05, 0.1) is 16.6 Å². The maximum Gasteiger partial charge on any atom is 0.471 e. The molecule has 0 bridgehead atoms. The molecular weight excluding hydrogens is 337 g/mol. The number of fused-ring (bicyclic) bond motifs is 1. The molecule has 1 aromatic carbocycles. The van der Waals surface area contributed by atoms with E-state index in [0.717, 1.165) is 13.8 Å². The van der Waals surface area contributed by atoms with Gasteiger partial charge in [-0.2, -0.15) is 18.4 Å². The van der Waals surface area contributed by atoms with Gasteiger partial charge in [0, 0.05) is 7.05 Å². The SMILES string of the molecule is Cn1c(/C(C#N)=C(\O)C(C)(C)NC(=O)C(F)(F)F)nc2ccccc21. The molecule has 0 aliphatic rings. The van der Waals surface area contributed by atoms with E-state index >= 15 is 0 Å². The number of nitriles is 1. The molecule has 1 heterocycles. The maximum absolute atomic E-state index is 12.5. The average molecular weight is 352 g/mol. The quantitative estimate of drug-likeness (QED) is 0.656. The zero-order valence-electron chi connectivity index (χ0n) is 13.6. The van der Waals surface area contributed by atoms with Crippen LogP contribution in [0.3, 0.4) is 0 Å². The second-order valence-electron chi connectivity index (χ2n) is 5.90. The largest absolute Gasteiger partial charge is 0.508 e. The van der Waals surface area contributed by atoms with Crippen LogP contribution in [0.4, 0.5) is 13.2 Å². The van der Waals surface area contributed by atoms with E-state index in [-0.39, 0.29) is 11.4 Å². The Balaban J connectivity index is 2.54. The molecule has 0 spiro atoms. The number of para-hydroxylation sites is 2. The predicted molar refractivity (Wildman–Crippen MR) is 84.2 cm³/mol. The molecule has 6 nitrogen and oxygen atoms in total. The molecule has 0 saturated heterocycles. The number of nitrogens with zero attached hydrogens (tertiary/aromatic N) is 3. The second-order valence-corrected chi connectivity index (χ2v) is 5.90. The molecule has 0 unspecified atom stereocenters. The fourth-order valence-electron chi connectivity index (χ4n) is 2.30. The summed E-state index contributed by atoms with van der Waals surface area (Å²) >= 11 is 0. The fraction of sp³-hybridized carbons (Fsp3) is 0.312. The lowest BCUT2D eigenvalue weighted by atomic mass is 9.98. The van der Waals surface area contributed by atoms with Crippen molar-refractivity contribution in [3.63, 3.8) is 0 Å². The lowest BCUT2D eigenvalue weighted by Crippen LogP contribution is -2.50. The number of alkyl halides is 3. The lowest BCUT2D eigenvalue weighted by Gasteiger charge is -2.26. The number of aromatic nitrogens is 2. The molecule has 1 aromatic heterocycles. The Bertz CT molecular complexity index is 904. The Morgan fingerprint density at radius 3 is 2.44 bits per heavy atom. The van der Waals surface area contributed by atoms with Gasteiger partial charge in [-0.05, 0) is 26.0 Å². The summed E-state index contributed by atoms with van der Waals surface area (Å²) in [6.45, 7) is 2.32. The van der Waals surface area contributed by atoms with Gasteiger partial charge in [-0.25, -0.2) is 4.98 Å². The third-order valence-electron chi connectivity index (χ3n) is 3.63. The van der Waals surface area contributed by atoms with E-state index < -0.39 is 23.4 Å². The number of nitrogens with one attached hydrogen (secondary N) is 1. The zero-order valence-corrected chi connectivity index (χ0v) is 13.6. The number of carbonyl (C=O) groups excluding carboxylic acids is 1. The number of aliphatic hydroxyl groups is 1. The smallest absolute Gasteiger partial charge is 0.471 e. The van der Waals surface area contributed by atoms with E-state index in [1.807, 2.05) is 0 Å². The molecule has 2 N–H and O–H groups in total. The highest BCUT2D eigenvalue weighted by Gasteiger charge is 2.43. The van der Waals surface area contributed by atoms with Crippen LogP contribution in [-0.4, -0.2) is 32.3 Å². The first-order valence-corrected chi connectivity index (χ1v) is 7.14. The molecule has 0 aliphatic carbocycles. The van der Waals surface area contributed by atoms with Crippen molar-refractivity contribution in [3.8, 4) is 6.07 Å². The Morgan fingerprint density at radius 1 is 1.32 bits per heavy atom. The number of hydrogen-bond donors (Lipinski definition) is 2. The number of rotatable bonds is 3. The maximum atomic E-state index is 12.5. The minimum atomic E-state index is -5.11. The van der Waals surface area contributed by atoms with Crippen molar-refractivity contribution >= 4 is 22.5 Å². The first kappa shape index (κ1) is 18.3. The van der Waals surface area contributed by atoms with Crippen LogP contribution in [0, 0.1) is 11.3 Å². The number of hydrogen-bond acceptors (Lipinski definition) is 4. The molecule has 25 heavy (non-hydrogen) atoms. The van der Waals surface area contributed by atoms with Crippen LogP contribution < -0.4 is 5.32 Å². The van der Waals surface area contributed by atoms with Gasteiger partial charge >= 0.3 is 12.1 Å². The summed E-state index contributed by atoms with van der Waals surface area (Å²) in [5.74, 6) is -2.85. The van der Waals surface area contributed by atoms with Crippen molar-refractivity contribution in [2.75, 3.05) is 0 Å². The van der Waals surface area contributed by atoms with Gasteiger partial charge in [0.25, 0.3) is 0 Å². The van der Waals surface area contributed by atoms with Gasteiger partial charge in [-0.3, -0.25) is 4.79 Å². The minimum Gasteiger partial charge on any atom is -0.508 e. The summed E-state index contributed by atoms with van der Waals surface area (Å²) in [5.41, 5.74) is -0.922. The Morgan fingerprint density at radius 2 is 1.92 bits per heavy atom. The van der Waals surface area contributed by atoms with E-state index in [2.05, 4.69) is 4.98 Å². The standard InChI is InChI=1S/C16H15F3N4O2/c1-15(2,22-14(25)16(17,18)19)12(24)9(8-20)13-21-10-6-4-5-7-11(10)23(13)3/h4-7,24H,1-3H3,(H,22,25)/b12-9-. The zero-order chi connectivity index (χ0) is 19.0. The Hall–Kier alpha value is -3.02. The number of allylic oxidation sites excluding steroid dienone is 1. The highest BCUT2D eigenvalue weighted by molar-refractivity contribution is 5.86. The van der Waals surface area contributed by atoms with E-state index in [1.54, 1.807) is 42.7 Å². The van der Waals surface area contributed by atoms with E-state index in [0.29, 0.717) is 11.0 Å². The predicted octanol–water partition coefficient (Wildman–Crippen LogP) is 2.82. The summed E-state index contributed by atoms with van der Waals surface area (Å²) in [6, 6.07) is 8.69. The lowest BCUT2D eigenvalue weighted by molar-refractivity contribution is -0.175. The molecule has 1 amide bonds. The van der Waals surface area contributed by atoms with Gasteiger partial charge in [0.15, 0.2) is 5.82 Å². The van der Waals surface area contributed by atoms with E-state index in [9.17, 15) is 28.3 Å². The molecule has 0 aliphatic heterocycles. The normalized spacial score (nSPS) is 13.3. The van der Waals surface area contributed by atoms with Crippen molar-refractivity contribution in [2.45, 2.75) is 25.6 Å². The van der Waals surface area contributed by atoms with Gasteiger partial charge in [0.1, 0.15) is 17.4 Å². The third-order valence-corrected chi connectivity index (χ3v) is 3.63. The molecule has 0 fully saturated rings. The molecule has 2 aromatic rings. The molecule has 2 rings (SSSR count). The number of aryl methyl sites for hydroxylation is 1.